The van der Waals surface area contributed by atoms with Crippen molar-refractivity contribution in [2.45, 2.75) is 13.1 Å². The summed E-state index contributed by atoms with van der Waals surface area (Å²) in [6, 6.07) is 11.5. The van der Waals surface area contributed by atoms with Crippen molar-refractivity contribution in [1.82, 2.24) is 0 Å². The van der Waals surface area contributed by atoms with Gasteiger partial charge in [-0.05, 0) is 42.5 Å². The highest BCUT2D eigenvalue weighted by Crippen LogP contribution is 2.34. The minimum absolute atomic E-state index is 0.184. The third-order valence-corrected chi connectivity index (χ3v) is 4.00. The summed E-state index contributed by atoms with van der Waals surface area (Å²) in [7, 11) is 0. The molecule has 0 bridgehead atoms. The molecule has 30 heavy (non-hydrogen) atoms. The van der Waals surface area contributed by atoms with Gasteiger partial charge in [-0.1, -0.05) is 6.92 Å². The number of ether oxygens (including phenoxy) is 1. The number of carbonyl (C=O) groups is 2. The molecule has 0 heterocycles. The van der Waals surface area contributed by atoms with Crippen molar-refractivity contribution in [3.63, 3.8) is 0 Å². The van der Waals surface area contributed by atoms with Crippen LogP contribution in [0.25, 0.3) is 0 Å². The molecule has 1 atom stereocenters. The van der Waals surface area contributed by atoms with Crippen LogP contribution >= 0.6 is 0 Å². The van der Waals surface area contributed by atoms with Gasteiger partial charge in [0, 0.05) is 0 Å². The lowest BCUT2D eigenvalue weighted by atomic mass is 10.1. The average Bonchev–Trinajstić information content (AvgIpc) is 2.71. The van der Waals surface area contributed by atoms with Crippen LogP contribution in [0.2, 0.25) is 0 Å². The predicted molar refractivity (Wildman–Crippen MR) is 97.5 cm³/mol. The van der Waals surface area contributed by atoms with Crippen molar-refractivity contribution in [2.24, 2.45) is 5.92 Å². The summed E-state index contributed by atoms with van der Waals surface area (Å²) in [6.45, 7) is 1.10. The van der Waals surface area contributed by atoms with Crippen LogP contribution in [0.4, 0.5) is 23.7 Å². The van der Waals surface area contributed by atoms with Crippen molar-refractivity contribution in [3.8, 4) is 17.9 Å². The third-order valence-electron chi connectivity index (χ3n) is 4.00. The lowest BCUT2D eigenvalue weighted by Crippen LogP contribution is -2.41. The number of hydrogen-bond donors (Lipinski definition) is 1. The number of halogens is 3. The molecular weight excluding hydrogens is 403 g/mol. The molecular formula is C20H14F3N3O4. The quantitative estimate of drug-likeness (QED) is 0.781. The first kappa shape index (κ1) is 22.2. The number of imide groups is 1. The Labute approximate surface area is 169 Å². The maximum atomic E-state index is 13.2. The number of carboxylic acid groups (broad SMARTS) is 1. The van der Waals surface area contributed by atoms with Crippen LogP contribution in [-0.2, 0) is 11.0 Å². The Bertz CT molecular complexity index is 1040. The highest BCUT2D eigenvalue weighted by Gasteiger charge is 2.36. The van der Waals surface area contributed by atoms with E-state index in [-0.39, 0.29) is 11.5 Å². The van der Waals surface area contributed by atoms with Crippen molar-refractivity contribution in [1.29, 1.82) is 10.5 Å². The number of alkyl halides is 3. The molecule has 0 saturated heterocycles. The topological polar surface area (TPSA) is 114 Å². The van der Waals surface area contributed by atoms with Crippen molar-refractivity contribution in [3.05, 3.63) is 59.2 Å². The summed E-state index contributed by atoms with van der Waals surface area (Å²) in [6.07, 6.45) is -6.68. The monoisotopic (exact) mass is 417 g/mol. The van der Waals surface area contributed by atoms with E-state index in [1.54, 1.807) is 0 Å². The fourth-order valence-electron chi connectivity index (χ4n) is 2.47. The molecule has 0 aromatic heterocycles. The molecule has 10 heteroatoms. The molecule has 2 rings (SSSR count). The second kappa shape index (κ2) is 8.97. The summed E-state index contributed by atoms with van der Waals surface area (Å²) >= 11 is 0. The molecule has 2 aromatic carbocycles. The summed E-state index contributed by atoms with van der Waals surface area (Å²) < 4.78 is 44.9. The van der Waals surface area contributed by atoms with Gasteiger partial charge in [0.1, 0.15) is 5.75 Å². The van der Waals surface area contributed by atoms with Gasteiger partial charge >= 0.3 is 12.3 Å². The predicted octanol–water partition coefficient (Wildman–Crippen LogP) is 4.17. The lowest BCUT2D eigenvalue weighted by Gasteiger charge is -2.22. The van der Waals surface area contributed by atoms with Crippen LogP contribution in [0.5, 0.6) is 5.75 Å². The lowest BCUT2D eigenvalue weighted by molar-refractivity contribution is -0.137. The Morgan fingerprint density at radius 3 is 2.27 bits per heavy atom. The van der Waals surface area contributed by atoms with Crippen molar-refractivity contribution < 1.29 is 32.6 Å². The van der Waals surface area contributed by atoms with E-state index in [1.165, 1.54) is 37.3 Å². The van der Waals surface area contributed by atoms with Crippen LogP contribution in [-0.4, -0.2) is 23.7 Å². The van der Waals surface area contributed by atoms with Gasteiger partial charge in [-0.15, -0.1) is 0 Å². The molecule has 7 nitrogen and oxygen atoms in total. The SMILES string of the molecule is C[C@H](COc1ccc(C#N)cc1)C(=O)N(C(=O)O)c1ccc(C#N)c(C(F)(F)F)c1. The van der Waals surface area contributed by atoms with Gasteiger partial charge in [-0.25, -0.2) is 9.69 Å². The van der Waals surface area contributed by atoms with E-state index >= 15 is 0 Å². The number of nitriles is 2. The number of carbonyl (C=O) groups excluding carboxylic acids is 1. The summed E-state index contributed by atoms with van der Waals surface area (Å²) in [5.74, 6) is -1.70. The first-order valence-corrected chi connectivity index (χ1v) is 8.39. The first-order chi connectivity index (χ1) is 14.1. The smallest absolute Gasteiger partial charge is 0.418 e. The molecule has 0 spiro atoms. The van der Waals surface area contributed by atoms with Crippen LogP contribution in [0.1, 0.15) is 23.6 Å². The van der Waals surface area contributed by atoms with E-state index in [0.29, 0.717) is 17.4 Å². The second-order valence-electron chi connectivity index (χ2n) is 6.14. The van der Waals surface area contributed by atoms with Crippen LogP contribution < -0.4 is 9.64 Å². The molecule has 2 amide bonds. The Kier molecular flexibility index (Phi) is 6.65. The molecule has 0 fully saturated rings. The van der Waals surface area contributed by atoms with Crippen molar-refractivity contribution >= 4 is 17.7 Å². The van der Waals surface area contributed by atoms with E-state index in [4.69, 9.17) is 15.3 Å². The number of rotatable bonds is 5. The summed E-state index contributed by atoms with van der Waals surface area (Å²) in [5, 5.41) is 27.0. The van der Waals surface area contributed by atoms with Gasteiger partial charge in [0.15, 0.2) is 0 Å². The number of nitrogens with zero attached hydrogens (tertiary/aromatic N) is 3. The Morgan fingerprint density at radius 2 is 1.77 bits per heavy atom. The minimum Gasteiger partial charge on any atom is -0.493 e. The molecule has 154 valence electrons. The highest BCUT2D eigenvalue weighted by atomic mass is 19.4. The molecule has 0 radical (unpaired) electrons. The Hall–Kier alpha value is -4.05. The molecule has 1 N–H and O–H groups in total. The molecule has 0 aliphatic rings. The zero-order chi connectivity index (χ0) is 22.5. The van der Waals surface area contributed by atoms with Gasteiger partial charge in [-0.3, -0.25) is 4.79 Å². The van der Waals surface area contributed by atoms with E-state index in [2.05, 4.69) is 0 Å². The van der Waals surface area contributed by atoms with Crippen LogP contribution in [0.3, 0.4) is 0 Å². The summed E-state index contributed by atoms with van der Waals surface area (Å²) in [5.41, 5.74) is -2.18. The number of amides is 2. The van der Waals surface area contributed by atoms with E-state index in [1.807, 2.05) is 6.07 Å². The van der Waals surface area contributed by atoms with Crippen LogP contribution in [0, 0.1) is 28.6 Å². The normalized spacial score (nSPS) is 11.7. The van der Waals surface area contributed by atoms with Gasteiger partial charge in [0.2, 0.25) is 5.91 Å². The summed E-state index contributed by atoms with van der Waals surface area (Å²) in [4.78, 5) is 24.4. The van der Waals surface area contributed by atoms with Gasteiger partial charge in [0.25, 0.3) is 0 Å². The van der Waals surface area contributed by atoms with Crippen LogP contribution in [0.15, 0.2) is 42.5 Å². The molecule has 0 aliphatic heterocycles. The van der Waals surface area contributed by atoms with Gasteiger partial charge in [-0.2, -0.15) is 23.7 Å². The standard InChI is InChI=1S/C20H14F3N3O4/c1-12(11-30-16-6-2-13(9-24)3-7-16)18(27)26(19(28)29)15-5-4-14(10-25)17(8-15)20(21,22)23/h2-8,12H,11H2,1H3,(H,28,29)/t12-/m1/s1. The van der Waals surface area contributed by atoms with E-state index in [9.17, 15) is 27.9 Å². The zero-order valence-corrected chi connectivity index (χ0v) is 15.5. The molecule has 0 unspecified atom stereocenters. The highest BCUT2D eigenvalue weighted by molar-refractivity contribution is 6.12. The average molecular weight is 417 g/mol. The Balaban J connectivity index is 2.24. The molecule has 2 aromatic rings. The fraction of sp³-hybridized carbons (Fsp3) is 0.200. The maximum absolute atomic E-state index is 13.2. The van der Waals surface area contributed by atoms with E-state index in [0.717, 1.165) is 12.1 Å². The van der Waals surface area contributed by atoms with E-state index < -0.39 is 40.9 Å². The first-order valence-electron chi connectivity index (χ1n) is 8.39. The number of anilines is 1. The van der Waals surface area contributed by atoms with Gasteiger partial charge in [0.05, 0.1) is 47.0 Å². The molecule has 0 aliphatic carbocycles. The van der Waals surface area contributed by atoms with Crippen molar-refractivity contribution in [2.75, 3.05) is 11.5 Å². The second-order valence-corrected chi connectivity index (χ2v) is 6.14. The molecule has 0 saturated carbocycles. The maximum Gasteiger partial charge on any atom is 0.418 e. The Morgan fingerprint density at radius 1 is 1.13 bits per heavy atom. The minimum atomic E-state index is -4.90. The number of hydrogen-bond acceptors (Lipinski definition) is 5. The zero-order valence-electron chi connectivity index (χ0n) is 15.5. The number of benzene rings is 2. The largest absolute Gasteiger partial charge is 0.493 e. The fourth-order valence-corrected chi connectivity index (χ4v) is 2.47. The third kappa shape index (κ3) is 5.06. The van der Waals surface area contributed by atoms with Gasteiger partial charge < -0.3 is 9.84 Å².